The van der Waals surface area contributed by atoms with Crippen LogP contribution in [0.5, 0.6) is 0 Å². The summed E-state index contributed by atoms with van der Waals surface area (Å²) in [6, 6.07) is 10.6. The molecule has 1 aromatic carbocycles. The van der Waals surface area contributed by atoms with Crippen LogP contribution < -0.4 is 5.32 Å². The Morgan fingerprint density at radius 3 is 2.38 bits per heavy atom. The molecule has 1 N–H and O–H groups in total. The first-order chi connectivity index (χ1) is 12.7. The second-order valence-electron chi connectivity index (χ2n) is 9.04. The van der Waals surface area contributed by atoms with E-state index >= 15 is 0 Å². The van der Waals surface area contributed by atoms with E-state index in [-0.39, 0.29) is 5.91 Å². The molecular weight excluding hydrogens is 338 g/mol. The van der Waals surface area contributed by atoms with Crippen molar-refractivity contribution in [3.8, 4) is 11.1 Å². The summed E-state index contributed by atoms with van der Waals surface area (Å²) in [7, 11) is 0. The molecule has 6 rings (SSSR count). The van der Waals surface area contributed by atoms with Gasteiger partial charge in [-0.3, -0.25) is 4.79 Å². The summed E-state index contributed by atoms with van der Waals surface area (Å²) in [6.45, 7) is 0.636. The number of amides is 1. The predicted octanol–water partition coefficient (Wildman–Crippen LogP) is 5.64. The van der Waals surface area contributed by atoms with E-state index in [2.05, 4.69) is 46.4 Å². The van der Waals surface area contributed by atoms with Crippen LogP contribution in [-0.4, -0.2) is 5.91 Å². The van der Waals surface area contributed by atoms with Crippen LogP contribution in [0.2, 0.25) is 0 Å². The molecule has 0 spiro atoms. The van der Waals surface area contributed by atoms with Gasteiger partial charge in [-0.1, -0.05) is 24.3 Å². The first kappa shape index (κ1) is 16.6. The van der Waals surface area contributed by atoms with Crippen molar-refractivity contribution in [2.45, 2.75) is 51.5 Å². The Morgan fingerprint density at radius 2 is 1.73 bits per heavy atom. The molecule has 0 aliphatic heterocycles. The van der Waals surface area contributed by atoms with Gasteiger partial charge in [0.25, 0.3) is 0 Å². The summed E-state index contributed by atoms with van der Waals surface area (Å²) in [6.07, 6.45) is 8.98. The van der Waals surface area contributed by atoms with Gasteiger partial charge in [0.1, 0.15) is 0 Å². The monoisotopic (exact) mass is 365 g/mol. The minimum absolute atomic E-state index is 0.257. The fraction of sp³-hybridized carbons (Fsp3) is 0.522. The predicted molar refractivity (Wildman–Crippen MR) is 107 cm³/mol. The van der Waals surface area contributed by atoms with Gasteiger partial charge >= 0.3 is 0 Å². The van der Waals surface area contributed by atoms with E-state index in [4.69, 9.17) is 0 Å². The zero-order chi connectivity index (χ0) is 17.6. The van der Waals surface area contributed by atoms with Crippen molar-refractivity contribution in [1.82, 2.24) is 5.32 Å². The number of rotatable bonds is 5. The van der Waals surface area contributed by atoms with Crippen LogP contribution in [0.3, 0.4) is 0 Å². The quantitative estimate of drug-likeness (QED) is 0.730. The van der Waals surface area contributed by atoms with Crippen molar-refractivity contribution in [2.75, 3.05) is 0 Å². The van der Waals surface area contributed by atoms with Crippen molar-refractivity contribution in [3.05, 3.63) is 46.7 Å². The summed E-state index contributed by atoms with van der Waals surface area (Å²) in [5, 5.41) is 7.53. The third-order valence-corrected chi connectivity index (χ3v) is 7.71. The Hall–Kier alpha value is -1.61. The van der Waals surface area contributed by atoms with E-state index in [0.717, 1.165) is 24.2 Å². The van der Waals surface area contributed by atoms with Gasteiger partial charge in [-0.25, -0.2) is 0 Å². The largest absolute Gasteiger partial charge is 0.352 e. The third kappa shape index (κ3) is 3.11. The number of carbonyl (C=O) groups is 1. The molecule has 2 nitrogen and oxygen atoms in total. The number of nitrogens with one attached hydrogen (secondary N) is 1. The Balaban J connectivity index is 1.25. The van der Waals surface area contributed by atoms with Crippen LogP contribution in [0, 0.1) is 23.2 Å². The third-order valence-electron chi connectivity index (χ3n) is 7.03. The van der Waals surface area contributed by atoms with Crippen molar-refractivity contribution in [2.24, 2.45) is 23.2 Å². The molecule has 136 valence electrons. The lowest BCUT2D eigenvalue weighted by molar-refractivity contribution is -0.129. The van der Waals surface area contributed by atoms with Gasteiger partial charge in [0, 0.05) is 13.0 Å². The highest BCUT2D eigenvalue weighted by Crippen LogP contribution is 2.61. The minimum Gasteiger partial charge on any atom is -0.352 e. The second-order valence-corrected chi connectivity index (χ2v) is 9.82. The van der Waals surface area contributed by atoms with E-state index in [9.17, 15) is 4.79 Å². The molecule has 3 heteroatoms. The first-order valence-corrected chi connectivity index (χ1v) is 11.0. The molecule has 0 saturated heterocycles. The van der Waals surface area contributed by atoms with E-state index in [1.807, 2.05) is 0 Å². The highest BCUT2D eigenvalue weighted by atomic mass is 32.1. The van der Waals surface area contributed by atoms with Gasteiger partial charge < -0.3 is 5.32 Å². The zero-order valence-corrected chi connectivity index (χ0v) is 16.1. The van der Waals surface area contributed by atoms with Crippen molar-refractivity contribution in [1.29, 1.82) is 0 Å². The smallest absolute Gasteiger partial charge is 0.220 e. The number of hydrogen-bond acceptors (Lipinski definition) is 2. The Morgan fingerprint density at radius 1 is 1.04 bits per heavy atom. The number of benzene rings is 1. The van der Waals surface area contributed by atoms with Gasteiger partial charge in [-0.15, -0.1) is 0 Å². The fourth-order valence-electron chi connectivity index (χ4n) is 6.48. The molecule has 26 heavy (non-hydrogen) atoms. The lowest BCUT2D eigenvalue weighted by atomic mass is 9.49. The lowest BCUT2D eigenvalue weighted by Gasteiger charge is -2.56. The van der Waals surface area contributed by atoms with E-state index < -0.39 is 0 Å². The van der Waals surface area contributed by atoms with Crippen LogP contribution >= 0.6 is 11.3 Å². The summed E-state index contributed by atoms with van der Waals surface area (Å²) in [5.41, 5.74) is 4.03. The molecule has 1 aromatic heterocycles. The molecule has 0 atom stereocenters. The maximum atomic E-state index is 12.8. The Bertz CT molecular complexity index is 759. The Kier molecular flexibility index (Phi) is 4.16. The first-order valence-electron chi connectivity index (χ1n) is 10.1. The SMILES string of the molecule is O=C(CC12CC3CC(CC(C3)C1)C2)NCc1ccccc1-c1ccsc1. The molecule has 4 bridgehead atoms. The molecule has 2 aromatic rings. The van der Waals surface area contributed by atoms with E-state index in [0.29, 0.717) is 12.0 Å². The average Bonchev–Trinajstić information content (AvgIpc) is 3.13. The number of hydrogen-bond donors (Lipinski definition) is 1. The van der Waals surface area contributed by atoms with Crippen LogP contribution in [0.25, 0.3) is 11.1 Å². The van der Waals surface area contributed by atoms with Gasteiger partial charge in [0.05, 0.1) is 0 Å². The standard InChI is InChI=1S/C23H27NOS/c25-22(13-23-10-16-7-17(11-23)9-18(8-16)12-23)24-14-19-3-1-2-4-21(19)20-5-6-26-15-20/h1-6,15-18H,7-14H2,(H,24,25). The molecule has 4 saturated carbocycles. The highest BCUT2D eigenvalue weighted by Gasteiger charge is 2.51. The van der Waals surface area contributed by atoms with Crippen molar-refractivity contribution < 1.29 is 4.79 Å². The van der Waals surface area contributed by atoms with Crippen LogP contribution in [0.4, 0.5) is 0 Å². The van der Waals surface area contributed by atoms with E-state index in [1.54, 1.807) is 11.3 Å². The fourth-order valence-corrected chi connectivity index (χ4v) is 7.13. The van der Waals surface area contributed by atoms with Crippen LogP contribution in [0.15, 0.2) is 41.1 Å². The van der Waals surface area contributed by atoms with Gasteiger partial charge in [0.15, 0.2) is 0 Å². The van der Waals surface area contributed by atoms with Gasteiger partial charge in [-0.2, -0.15) is 11.3 Å². The lowest BCUT2D eigenvalue weighted by Crippen LogP contribution is -2.47. The van der Waals surface area contributed by atoms with Gasteiger partial charge in [0.2, 0.25) is 5.91 Å². The maximum absolute atomic E-state index is 12.8. The summed E-state index contributed by atoms with van der Waals surface area (Å²) in [5.74, 6) is 2.99. The molecule has 4 aliphatic rings. The van der Waals surface area contributed by atoms with E-state index in [1.165, 1.54) is 55.2 Å². The van der Waals surface area contributed by atoms with Crippen LogP contribution in [-0.2, 0) is 11.3 Å². The Labute approximate surface area is 160 Å². The van der Waals surface area contributed by atoms with Crippen molar-refractivity contribution >= 4 is 17.2 Å². The summed E-state index contributed by atoms with van der Waals surface area (Å²) in [4.78, 5) is 12.8. The normalized spacial score (nSPS) is 31.9. The highest BCUT2D eigenvalue weighted by molar-refractivity contribution is 7.08. The molecule has 4 aliphatic carbocycles. The summed E-state index contributed by atoms with van der Waals surface area (Å²) < 4.78 is 0. The molecule has 4 fully saturated rings. The second kappa shape index (κ2) is 6.53. The zero-order valence-electron chi connectivity index (χ0n) is 15.2. The number of thiophene rings is 1. The maximum Gasteiger partial charge on any atom is 0.220 e. The van der Waals surface area contributed by atoms with Gasteiger partial charge in [-0.05, 0) is 95.2 Å². The topological polar surface area (TPSA) is 29.1 Å². The summed E-state index contributed by atoms with van der Waals surface area (Å²) >= 11 is 1.72. The van der Waals surface area contributed by atoms with Crippen molar-refractivity contribution in [3.63, 3.8) is 0 Å². The average molecular weight is 366 g/mol. The number of carbonyl (C=O) groups excluding carboxylic acids is 1. The van der Waals surface area contributed by atoms with Crippen LogP contribution in [0.1, 0.15) is 50.5 Å². The molecule has 1 amide bonds. The molecule has 0 radical (unpaired) electrons. The minimum atomic E-state index is 0.257. The molecule has 0 unspecified atom stereocenters. The molecule has 1 heterocycles. The molecular formula is C23H27NOS.